The van der Waals surface area contributed by atoms with Crippen LogP contribution in [0.5, 0.6) is 0 Å². The highest BCUT2D eigenvalue weighted by molar-refractivity contribution is 6.11. The molecule has 40 heavy (non-hydrogen) atoms. The molecule has 0 saturated heterocycles. The molecule has 6 aromatic carbocycles. The van der Waals surface area contributed by atoms with Crippen LogP contribution >= 0.6 is 0 Å². The SMILES string of the molecule is N#Cc1c(-c2ccccc2)cc(-c2ccc3c(c2)oc2ccccc23)cc1-c1cccc2c1oc1ccccc12. The molecule has 0 unspecified atom stereocenters. The molecule has 0 saturated carbocycles. The number of rotatable bonds is 3. The van der Waals surface area contributed by atoms with E-state index in [4.69, 9.17) is 8.83 Å². The monoisotopic (exact) mass is 511 g/mol. The van der Waals surface area contributed by atoms with Gasteiger partial charge >= 0.3 is 0 Å². The molecule has 8 aromatic rings. The van der Waals surface area contributed by atoms with Crippen molar-refractivity contribution in [3.63, 3.8) is 0 Å². The molecule has 2 heterocycles. The first-order chi connectivity index (χ1) is 19.8. The van der Waals surface area contributed by atoms with E-state index in [0.717, 1.165) is 77.3 Å². The van der Waals surface area contributed by atoms with Gasteiger partial charge in [0, 0.05) is 38.2 Å². The minimum Gasteiger partial charge on any atom is -0.456 e. The summed E-state index contributed by atoms with van der Waals surface area (Å²) >= 11 is 0. The van der Waals surface area contributed by atoms with Crippen molar-refractivity contribution in [2.24, 2.45) is 0 Å². The van der Waals surface area contributed by atoms with Crippen molar-refractivity contribution in [1.29, 1.82) is 5.26 Å². The maximum absolute atomic E-state index is 10.5. The second-order valence-corrected chi connectivity index (χ2v) is 10.0. The van der Waals surface area contributed by atoms with E-state index in [1.54, 1.807) is 0 Å². The average Bonchev–Trinajstić information content (AvgIpc) is 3.59. The molecular weight excluding hydrogens is 490 g/mol. The summed E-state index contributed by atoms with van der Waals surface area (Å²) in [4.78, 5) is 0. The van der Waals surface area contributed by atoms with Crippen LogP contribution in [0, 0.1) is 11.3 Å². The van der Waals surface area contributed by atoms with Gasteiger partial charge in [-0.1, -0.05) is 91.0 Å². The normalized spacial score (nSPS) is 11.5. The Hall–Kier alpha value is -5.59. The van der Waals surface area contributed by atoms with Crippen molar-refractivity contribution in [2.75, 3.05) is 0 Å². The standard InChI is InChI=1S/C37H21NO2/c38-22-33-31(23-9-2-1-3-10-23)19-25(24-17-18-28-26-11-4-6-15-34(26)39-36(28)21-24)20-32(33)30-14-8-13-29-27-12-5-7-16-35(27)40-37(29)30/h1-21H. The highest BCUT2D eigenvalue weighted by atomic mass is 16.3. The third-order valence-corrected chi connectivity index (χ3v) is 7.74. The Kier molecular flexibility index (Phi) is 4.89. The Morgan fingerprint density at radius 3 is 1.88 bits per heavy atom. The third kappa shape index (κ3) is 3.37. The maximum atomic E-state index is 10.5. The fraction of sp³-hybridized carbons (Fsp3) is 0. The van der Waals surface area contributed by atoms with Crippen LogP contribution in [0.3, 0.4) is 0 Å². The van der Waals surface area contributed by atoms with Gasteiger partial charge in [-0.05, 0) is 53.1 Å². The largest absolute Gasteiger partial charge is 0.456 e. The Bertz CT molecular complexity index is 2280. The van der Waals surface area contributed by atoms with Crippen molar-refractivity contribution < 1.29 is 8.83 Å². The molecule has 3 nitrogen and oxygen atoms in total. The fourth-order valence-electron chi connectivity index (χ4n) is 5.85. The molecule has 2 aromatic heterocycles. The van der Waals surface area contributed by atoms with E-state index >= 15 is 0 Å². The first-order valence-electron chi connectivity index (χ1n) is 13.2. The molecule has 186 valence electrons. The zero-order valence-electron chi connectivity index (χ0n) is 21.4. The van der Waals surface area contributed by atoms with E-state index in [2.05, 4.69) is 54.6 Å². The highest BCUT2D eigenvalue weighted by Gasteiger charge is 2.20. The van der Waals surface area contributed by atoms with Gasteiger partial charge in [0.2, 0.25) is 0 Å². The molecule has 0 atom stereocenters. The van der Waals surface area contributed by atoms with Crippen molar-refractivity contribution in [3.05, 3.63) is 133 Å². The molecule has 0 aliphatic heterocycles. The van der Waals surface area contributed by atoms with Crippen LogP contribution in [0.15, 0.2) is 136 Å². The topological polar surface area (TPSA) is 50.1 Å². The molecule has 0 radical (unpaired) electrons. The van der Waals surface area contributed by atoms with Gasteiger partial charge in [0.05, 0.1) is 5.56 Å². The first kappa shape index (κ1) is 22.4. The van der Waals surface area contributed by atoms with Crippen molar-refractivity contribution >= 4 is 43.9 Å². The zero-order valence-corrected chi connectivity index (χ0v) is 21.4. The summed E-state index contributed by atoms with van der Waals surface area (Å²) in [7, 11) is 0. The highest BCUT2D eigenvalue weighted by Crippen LogP contribution is 2.42. The molecule has 0 bridgehead atoms. The third-order valence-electron chi connectivity index (χ3n) is 7.74. The zero-order chi connectivity index (χ0) is 26.6. The number of benzene rings is 6. The molecule has 0 N–H and O–H groups in total. The second kappa shape index (κ2) is 8.73. The van der Waals surface area contributed by atoms with Crippen LogP contribution < -0.4 is 0 Å². The lowest BCUT2D eigenvalue weighted by molar-refractivity contribution is 0.669. The molecule has 0 aliphatic rings. The van der Waals surface area contributed by atoms with Crippen molar-refractivity contribution in [3.8, 4) is 39.4 Å². The molecule has 0 fully saturated rings. The number of para-hydroxylation sites is 3. The molecule has 0 amide bonds. The smallest absolute Gasteiger partial charge is 0.143 e. The summed E-state index contributed by atoms with van der Waals surface area (Å²) in [6.07, 6.45) is 0. The Labute approximate surface area is 230 Å². The number of furan rings is 2. The van der Waals surface area contributed by atoms with Crippen molar-refractivity contribution in [1.82, 2.24) is 0 Å². The average molecular weight is 512 g/mol. The van der Waals surface area contributed by atoms with E-state index in [1.165, 1.54) is 0 Å². The summed E-state index contributed by atoms with van der Waals surface area (Å²) in [6, 6.07) is 45.5. The maximum Gasteiger partial charge on any atom is 0.143 e. The molecule has 8 rings (SSSR count). The van der Waals surface area contributed by atoms with Crippen LogP contribution in [0.1, 0.15) is 5.56 Å². The minimum atomic E-state index is 0.618. The van der Waals surface area contributed by atoms with Gasteiger partial charge in [-0.25, -0.2) is 0 Å². The van der Waals surface area contributed by atoms with Crippen LogP contribution in [-0.4, -0.2) is 0 Å². The Balaban J connectivity index is 1.43. The van der Waals surface area contributed by atoms with Gasteiger partial charge in [0.15, 0.2) is 0 Å². The van der Waals surface area contributed by atoms with Gasteiger partial charge in [0.1, 0.15) is 28.4 Å². The van der Waals surface area contributed by atoms with E-state index in [0.29, 0.717) is 5.56 Å². The number of nitriles is 1. The fourth-order valence-corrected chi connectivity index (χ4v) is 5.85. The van der Waals surface area contributed by atoms with Gasteiger partial charge in [-0.15, -0.1) is 0 Å². The Morgan fingerprint density at radius 2 is 1.07 bits per heavy atom. The van der Waals surface area contributed by atoms with Crippen LogP contribution in [-0.2, 0) is 0 Å². The summed E-state index contributed by atoms with van der Waals surface area (Å²) in [5, 5.41) is 14.8. The lowest BCUT2D eigenvalue weighted by atomic mass is 9.87. The molecule has 3 heteroatoms. The lowest BCUT2D eigenvalue weighted by Crippen LogP contribution is -1.93. The van der Waals surface area contributed by atoms with Gasteiger partial charge in [-0.2, -0.15) is 5.26 Å². The van der Waals surface area contributed by atoms with E-state index in [9.17, 15) is 5.26 Å². The number of nitrogens with zero attached hydrogens (tertiary/aromatic N) is 1. The summed E-state index contributed by atoms with van der Waals surface area (Å²) < 4.78 is 12.6. The summed E-state index contributed by atoms with van der Waals surface area (Å²) in [5.74, 6) is 0. The lowest BCUT2D eigenvalue weighted by Gasteiger charge is -2.14. The van der Waals surface area contributed by atoms with Crippen LogP contribution in [0.25, 0.3) is 77.3 Å². The van der Waals surface area contributed by atoms with E-state index in [-0.39, 0.29) is 0 Å². The number of hydrogen-bond donors (Lipinski definition) is 0. The second-order valence-electron chi connectivity index (χ2n) is 10.0. The van der Waals surface area contributed by atoms with Crippen molar-refractivity contribution in [2.45, 2.75) is 0 Å². The minimum absolute atomic E-state index is 0.618. The Morgan fingerprint density at radius 1 is 0.425 bits per heavy atom. The quantitative estimate of drug-likeness (QED) is 0.237. The predicted octanol–water partition coefficient (Wildman–Crippen LogP) is 10.4. The number of fused-ring (bicyclic) bond motifs is 6. The van der Waals surface area contributed by atoms with Crippen LogP contribution in [0.2, 0.25) is 0 Å². The summed E-state index contributed by atoms with van der Waals surface area (Å²) in [5.41, 5.74) is 9.58. The van der Waals surface area contributed by atoms with E-state index < -0.39 is 0 Å². The van der Waals surface area contributed by atoms with Gasteiger partial charge in [0.25, 0.3) is 0 Å². The van der Waals surface area contributed by atoms with Gasteiger partial charge in [-0.3, -0.25) is 0 Å². The molecule has 0 aliphatic carbocycles. The van der Waals surface area contributed by atoms with Crippen LogP contribution in [0.4, 0.5) is 0 Å². The van der Waals surface area contributed by atoms with Gasteiger partial charge < -0.3 is 8.83 Å². The molecular formula is C37H21NO2. The predicted molar refractivity (Wildman–Crippen MR) is 162 cm³/mol. The first-order valence-corrected chi connectivity index (χ1v) is 13.2. The number of hydrogen-bond acceptors (Lipinski definition) is 3. The molecule has 0 spiro atoms. The summed E-state index contributed by atoms with van der Waals surface area (Å²) in [6.45, 7) is 0. The van der Waals surface area contributed by atoms with E-state index in [1.807, 2.05) is 78.9 Å².